The van der Waals surface area contributed by atoms with Crippen molar-refractivity contribution in [1.29, 1.82) is 0 Å². The second-order valence-corrected chi connectivity index (χ2v) is 6.78. The van der Waals surface area contributed by atoms with Gasteiger partial charge in [-0.2, -0.15) is 0 Å². The Balaban J connectivity index is 0.000000232. The zero-order chi connectivity index (χ0) is 22.4. The number of nitrogens with zero attached hydrogens (tertiary/aromatic N) is 1. The number of nitrogens with two attached hydrogens (primary N) is 1. The molecule has 1 saturated carbocycles. The van der Waals surface area contributed by atoms with Crippen LogP contribution in [0, 0.1) is 10.1 Å². The van der Waals surface area contributed by atoms with Gasteiger partial charge in [-0.3, -0.25) is 19.7 Å². The Morgan fingerprint density at radius 2 is 1.70 bits per heavy atom. The highest BCUT2D eigenvalue weighted by Crippen LogP contribution is 2.15. The van der Waals surface area contributed by atoms with E-state index in [2.05, 4.69) is 0 Å². The average molecular weight is 416 g/mol. The van der Waals surface area contributed by atoms with Crippen LogP contribution in [-0.4, -0.2) is 35.4 Å². The van der Waals surface area contributed by atoms with E-state index in [9.17, 15) is 19.7 Å². The summed E-state index contributed by atoms with van der Waals surface area (Å²) in [6, 6.07) is 12.9. The van der Waals surface area contributed by atoms with Crippen LogP contribution in [0.2, 0.25) is 0 Å². The molecule has 0 aromatic heterocycles. The molecule has 0 heterocycles. The van der Waals surface area contributed by atoms with Gasteiger partial charge in [0, 0.05) is 23.7 Å². The van der Waals surface area contributed by atoms with E-state index in [-0.39, 0.29) is 12.1 Å². The number of nitro benzene ring substituents is 1. The number of carbonyl (C=O) groups is 2. The standard InChI is InChI=1S/C9H10O3.C7H5NO3.C6H13N/c1-12-8-4-2-7(3-5-8)6-9(10)11;9-5-6-1-3-7(4-2-6)8(10)11;7-6-4-2-1-3-5-6/h2-5H,6H2,1H3,(H,10,11);1-5H;6H,1-5,7H2. The number of carbonyl (C=O) groups excluding carboxylic acids is 1. The number of benzene rings is 2. The first kappa shape index (κ1) is 24.8. The van der Waals surface area contributed by atoms with Crippen molar-refractivity contribution in [3.05, 3.63) is 69.8 Å². The molecular formula is C22H28N2O6. The quantitative estimate of drug-likeness (QED) is 0.427. The number of non-ortho nitro benzene ring substituents is 1. The van der Waals surface area contributed by atoms with Crippen molar-refractivity contribution in [2.75, 3.05) is 7.11 Å². The molecule has 1 aliphatic carbocycles. The van der Waals surface area contributed by atoms with Gasteiger partial charge >= 0.3 is 5.97 Å². The average Bonchev–Trinajstić information content (AvgIpc) is 2.75. The van der Waals surface area contributed by atoms with Gasteiger partial charge in [0.25, 0.3) is 5.69 Å². The number of hydrogen-bond donors (Lipinski definition) is 2. The second kappa shape index (κ2) is 13.8. The van der Waals surface area contributed by atoms with Crippen LogP contribution < -0.4 is 10.5 Å². The summed E-state index contributed by atoms with van der Waals surface area (Å²) in [5.41, 5.74) is 6.85. The lowest BCUT2D eigenvalue weighted by Gasteiger charge is -2.15. The molecule has 8 nitrogen and oxygen atoms in total. The molecule has 0 aliphatic heterocycles. The van der Waals surface area contributed by atoms with E-state index in [0.29, 0.717) is 17.9 Å². The van der Waals surface area contributed by atoms with Gasteiger partial charge in [-0.15, -0.1) is 0 Å². The zero-order valence-corrected chi connectivity index (χ0v) is 17.0. The maximum atomic E-state index is 10.3. The predicted molar refractivity (Wildman–Crippen MR) is 114 cm³/mol. The summed E-state index contributed by atoms with van der Waals surface area (Å²) in [6.45, 7) is 0. The van der Waals surface area contributed by atoms with Gasteiger partial charge in [0.1, 0.15) is 12.0 Å². The van der Waals surface area contributed by atoms with Crippen LogP contribution in [0.5, 0.6) is 5.75 Å². The number of rotatable bonds is 5. The summed E-state index contributed by atoms with van der Waals surface area (Å²) in [4.78, 5) is 30.0. The molecule has 0 atom stereocenters. The van der Waals surface area contributed by atoms with E-state index >= 15 is 0 Å². The number of carboxylic acids is 1. The molecule has 8 heteroatoms. The van der Waals surface area contributed by atoms with Crippen molar-refractivity contribution < 1.29 is 24.4 Å². The van der Waals surface area contributed by atoms with Crippen LogP contribution in [0.25, 0.3) is 0 Å². The van der Waals surface area contributed by atoms with Gasteiger partial charge in [0.2, 0.25) is 0 Å². The van der Waals surface area contributed by atoms with Gasteiger partial charge in [0.05, 0.1) is 18.5 Å². The molecule has 2 aromatic rings. The van der Waals surface area contributed by atoms with Crippen LogP contribution in [0.1, 0.15) is 48.0 Å². The third kappa shape index (κ3) is 10.3. The maximum absolute atomic E-state index is 10.3. The molecule has 3 N–H and O–H groups in total. The first-order chi connectivity index (χ1) is 14.3. The Hall–Kier alpha value is -3.26. The van der Waals surface area contributed by atoms with Gasteiger partial charge < -0.3 is 15.6 Å². The minimum atomic E-state index is -0.819. The van der Waals surface area contributed by atoms with E-state index < -0.39 is 10.9 Å². The number of ether oxygens (including phenoxy) is 1. The summed E-state index contributed by atoms with van der Waals surface area (Å²) in [5.74, 6) is -0.0793. The molecule has 162 valence electrons. The fourth-order valence-corrected chi connectivity index (χ4v) is 2.73. The SMILES string of the molecule is COc1ccc(CC(=O)O)cc1.NC1CCCCC1.O=Cc1ccc([N+](=O)[O-])cc1. The fourth-order valence-electron chi connectivity index (χ4n) is 2.73. The molecule has 0 saturated heterocycles. The molecular weight excluding hydrogens is 388 g/mol. The van der Waals surface area contributed by atoms with E-state index in [1.165, 1.54) is 56.4 Å². The van der Waals surface area contributed by atoms with Crippen molar-refractivity contribution in [3.8, 4) is 5.75 Å². The predicted octanol–water partition coefficient (Wildman–Crippen LogP) is 4.01. The molecule has 1 fully saturated rings. The van der Waals surface area contributed by atoms with Crippen LogP contribution >= 0.6 is 0 Å². The van der Waals surface area contributed by atoms with Crippen molar-refractivity contribution >= 4 is 17.9 Å². The lowest BCUT2D eigenvalue weighted by molar-refractivity contribution is -0.384. The molecule has 0 spiro atoms. The highest BCUT2D eigenvalue weighted by atomic mass is 16.6. The van der Waals surface area contributed by atoms with Crippen LogP contribution in [0.15, 0.2) is 48.5 Å². The Kier molecular flexibility index (Phi) is 11.4. The highest BCUT2D eigenvalue weighted by Gasteiger charge is 2.06. The van der Waals surface area contributed by atoms with E-state index in [0.717, 1.165) is 11.3 Å². The summed E-state index contributed by atoms with van der Waals surface area (Å²) in [6.07, 6.45) is 7.36. The van der Waals surface area contributed by atoms with E-state index in [1.54, 1.807) is 31.4 Å². The summed E-state index contributed by atoms with van der Waals surface area (Å²) in [7, 11) is 1.58. The van der Waals surface area contributed by atoms with Gasteiger partial charge in [-0.05, 0) is 42.7 Å². The van der Waals surface area contributed by atoms with Crippen molar-refractivity contribution in [2.45, 2.75) is 44.6 Å². The number of carboxylic acid groups (broad SMARTS) is 1. The maximum Gasteiger partial charge on any atom is 0.307 e. The number of aldehydes is 1. The van der Waals surface area contributed by atoms with Crippen LogP contribution in [-0.2, 0) is 11.2 Å². The van der Waals surface area contributed by atoms with Crippen LogP contribution in [0.3, 0.4) is 0 Å². The molecule has 0 radical (unpaired) electrons. The molecule has 3 rings (SSSR count). The molecule has 30 heavy (non-hydrogen) atoms. The third-order valence-electron chi connectivity index (χ3n) is 4.40. The molecule has 0 amide bonds. The first-order valence-corrected chi connectivity index (χ1v) is 9.65. The minimum absolute atomic E-state index is 0.00407. The second-order valence-electron chi connectivity index (χ2n) is 6.78. The largest absolute Gasteiger partial charge is 0.497 e. The van der Waals surface area contributed by atoms with Crippen LogP contribution in [0.4, 0.5) is 5.69 Å². The normalized spacial score (nSPS) is 13.0. The fraction of sp³-hybridized carbons (Fsp3) is 0.364. The first-order valence-electron chi connectivity index (χ1n) is 9.65. The van der Waals surface area contributed by atoms with Crippen molar-refractivity contribution in [2.24, 2.45) is 5.73 Å². The lowest BCUT2D eigenvalue weighted by Crippen LogP contribution is -2.22. The molecule has 0 bridgehead atoms. The molecule has 2 aromatic carbocycles. The van der Waals surface area contributed by atoms with Crippen molar-refractivity contribution in [3.63, 3.8) is 0 Å². The van der Waals surface area contributed by atoms with Gasteiger partial charge in [0.15, 0.2) is 0 Å². The Bertz CT molecular complexity index is 784. The zero-order valence-electron chi connectivity index (χ0n) is 17.0. The smallest absolute Gasteiger partial charge is 0.307 e. The molecule has 1 aliphatic rings. The number of hydrogen-bond acceptors (Lipinski definition) is 6. The Morgan fingerprint density at radius 3 is 2.07 bits per heavy atom. The lowest BCUT2D eigenvalue weighted by atomic mass is 9.97. The van der Waals surface area contributed by atoms with Gasteiger partial charge in [-0.1, -0.05) is 31.4 Å². The summed E-state index contributed by atoms with van der Waals surface area (Å²) in [5, 5.41) is 18.6. The Labute approximate surface area is 175 Å². The van der Waals surface area contributed by atoms with Crippen molar-refractivity contribution in [1.82, 2.24) is 0 Å². The van der Waals surface area contributed by atoms with Gasteiger partial charge in [-0.25, -0.2) is 0 Å². The number of aliphatic carboxylic acids is 1. The number of methoxy groups -OCH3 is 1. The highest BCUT2D eigenvalue weighted by molar-refractivity contribution is 5.75. The topological polar surface area (TPSA) is 133 Å². The molecule has 0 unspecified atom stereocenters. The van der Waals surface area contributed by atoms with E-state index in [1.807, 2.05) is 0 Å². The van der Waals surface area contributed by atoms with E-state index in [4.69, 9.17) is 15.6 Å². The monoisotopic (exact) mass is 416 g/mol. The Morgan fingerprint density at radius 1 is 1.13 bits per heavy atom. The summed E-state index contributed by atoms with van der Waals surface area (Å²) >= 11 is 0. The third-order valence-corrected chi connectivity index (χ3v) is 4.40. The summed E-state index contributed by atoms with van der Waals surface area (Å²) < 4.78 is 4.93. The minimum Gasteiger partial charge on any atom is -0.497 e. The number of nitro groups is 1.